The van der Waals surface area contributed by atoms with Gasteiger partial charge in [0.05, 0.1) is 5.69 Å². The summed E-state index contributed by atoms with van der Waals surface area (Å²) in [5, 5.41) is 0. The second kappa shape index (κ2) is 8.56. The molecule has 0 atom stereocenters. The number of rotatable bonds is 8. The molecular weight excluding hydrogens is 360 g/mol. The molecule has 0 saturated carbocycles. The molecule has 7 heteroatoms. The fourth-order valence-corrected chi connectivity index (χ4v) is 2.98. The van der Waals surface area contributed by atoms with Gasteiger partial charge in [-0.25, -0.2) is 0 Å². The average Bonchev–Trinajstić information content (AvgIpc) is 2.68. The predicted molar refractivity (Wildman–Crippen MR) is 104 cm³/mol. The molecule has 0 aromatic heterocycles. The van der Waals surface area contributed by atoms with Crippen LogP contribution in [0.1, 0.15) is 28.8 Å². The van der Waals surface area contributed by atoms with Gasteiger partial charge in [-0.2, -0.15) is 0 Å². The summed E-state index contributed by atoms with van der Waals surface area (Å²) in [7, 11) is 0. The first-order chi connectivity index (χ1) is 13.5. The van der Waals surface area contributed by atoms with Crippen LogP contribution < -0.4 is 20.1 Å². The molecule has 1 aliphatic rings. The standard InChI is InChI=1S/C21H22N2O5/c1-14-5-2-3-6-18(14)27-12-17(24)15-8-9-19-16(11-15)23(21(26)13-28-19)10-4-7-20(22)25/h2-3,5-6,8-9,11H,4,7,10,12-13H2,1H3,(H2,22,25). The maximum atomic E-state index is 12.6. The zero-order valence-electron chi connectivity index (χ0n) is 15.6. The van der Waals surface area contributed by atoms with Crippen molar-refractivity contribution in [2.24, 2.45) is 5.73 Å². The fraction of sp³-hybridized carbons (Fsp3) is 0.286. The van der Waals surface area contributed by atoms with E-state index in [0.29, 0.717) is 35.7 Å². The van der Waals surface area contributed by atoms with Crippen LogP contribution in [0.5, 0.6) is 11.5 Å². The number of aryl methyl sites for hydroxylation is 1. The van der Waals surface area contributed by atoms with E-state index in [1.54, 1.807) is 18.2 Å². The molecule has 0 radical (unpaired) electrons. The average molecular weight is 382 g/mol. The third-order valence-electron chi connectivity index (χ3n) is 4.48. The van der Waals surface area contributed by atoms with Gasteiger partial charge in [-0.15, -0.1) is 0 Å². The van der Waals surface area contributed by atoms with Crippen molar-refractivity contribution < 1.29 is 23.9 Å². The molecule has 1 aliphatic heterocycles. The van der Waals surface area contributed by atoms with E-state index in [9.17, 15) is 14.4 Å². The molecule has 0 unspecified atom stereocenters. The first kappa shape index (κ1) is 19.4. The Morgan fingerprint density at radius 2 is 2.00 bits per heavy atom. The van der Waals surface area contributed by atoms with Crippen molar-refractivity contribution in [3.8, 4) is 11.5 Å². The number of ketones is 1. The number of carbonyl (C=O) groups is 3. The van der Waals surface area contributed by atoms with Crippen molar-refractivity contribution in [3.63, 3.8) is 0 Å². The van der Waals surface area contributed by atoms with Gasteiger partial charge in [0, 0.05) is 18.5 Å². The van der Waals surface area contributed by atoms with E-state index < -0.39 is 5.91 Å². The van der Waals surface area contributed by atoms with E-state index in [0.717, 1.165) is 5.56 Å². The van der Waals surface area contributed by atoms with Gasteiger partial charge in [-0.1, -0.05) is 18.2 Å². The fourth-order valence-electron chi connectivity index (χ4n) is 2.98. The molecular formula is C21H22N2O5. The van der Waals surface area contributed by atoms with E-state index in [1.165, 1.54) is 4.90 Å². The zero-order valence-corrected chi connectivity index (χ0v) is 15.6. The number of hydrogen-bond acceptors (Lipinski definition) is 5. The lowest BCUT2D eigenvalue weighted by Crippen LogP contribution is -2.39. The second-order valence-electron chi connectivity index (χ2n) is 6.56. The smallest absolute Gasteiger partial charge is 0.265 e. The van der Waals surface area contributed by atoms with Crippen LogP contribution in [0.25, 0.3) is 0 Å². The molecule has 3 rings (SSSR count). The number of nitrogens with two attached hydrogens (primary N) is 1. The lowest BCUT2D eigenvalue weighted by Gasteiger charge is -2.29. The van der Waals surface area contributed by atoms with Crippen molar-refractivity contribution in [1.29, 1.82) is 0 Å². The largest absolute Gasteiger partial charge is 0.485 e. The highest BCUT2D eigenvalue weighted by Crippen LogP contribution is 2.33. The van der Waals surface area contributed by atoms with E-state index in [-0.39, 0.29) is 31.3 Å². The molecule has 0 bridgehead atoms. The number of Topliss-reactive ketones (excluding diaryl/α,β-unsaturated/α-hetero) is 1. The lowest BCUT2D eigenvalue weighted by atomic mass is 10.1. The molecule has 1 heterocycles. The number of primary amides is 1. The molecule has 2 amide bonds. The van der Waals surface area contributed by atoms with Crippen molar-refractivity contribution in [3.05, 3.63) is 53.6 Å². The number of amides is 2. The molecule has 2 N–H and O–H groups in total. The summed E-state index contributed by atoms with van der Waals surface area (Å²) in [5.41, 5.74) is 7.05. The summed E-state index contributed by atoms with van der Waals surface area (Å²) in [4.78, 5) is 37.3. The Morgan fingerprint density at radius 1 is 1.21 bits per heavy atom. The van der Waals surface area contributed by atoms with Crippen LogP contribution in [0, 0.1) is 6.92 Å². The quantitative estimate of drug-likeness (QED) is 0.706. The number of nitrogens with zero attached hydrogens (tertiary/aromatic N) is 1. The number of para-hydroxylation sites is 1. The number of ether oxygens (including phenoxy) is 2. The zero-order chi connectivity index (χ0) is 20.1. The van der Waals surface area contributed by atoms with Crippen LogP contribution in [0.3, 0.4) is 0 Å². The topological polar surface area (TPSA) is 98.9 Å². The Kier molecular flexibility index (Phi) is 5.93. The third-order valence-corrected chi connectivity index (χ3v) is 4.48. The summed E-state index contributed by atoms with van der Waals surface area (Å²) < 4.78 is 11.1. The van der Waals surface area contributed by atoms with Gasteiger partial charge < -0.3 is 20.1 Å². The van der Waals surface area contributed by atoms with E-state index in [1.807, 2.05) is 31.2 Å². The molecule has 0 spiro atoms. The van der Waals surface area contributed by atoms with Gasteiger partial charge >= 0.3 is 0 Å². The van der Waals surface area contributed by atoms with Crippen LogP contribution in [0.4, 0.5) is 5.69 Å². The van der Waals surface area contributed by atoms with Gasteiger partial charge in [-0.3, -0.25) is 14.4 Å². The highest BCUT2D eigenvalue weighted by Gasteiger charge is 2.26. The van der Waals surface area contributed by atoms with Gasteiger partial charge in [0.2, 0.25) is 5.91 Å². The Bertz CT molecular complexity index is 909. The number of carbonyl (C=O) groups excluding carboxylic acids is 3. The molecule has 0 aliphatic carbocycles. The number of benzene rings is 2. The number of hydrogen-bond donors (Lipinski definition) is 1. The first-order valence-electron chi connectivity index (χ1n) is 9.03. The molecule has 2 aromatic rings. The van der Waals surface area contributed by atoms with E-state index in [2.05, 4.69) is 0 Å². The second-order valence-corrected chi connectivity index (χ2v) is 6.56. The van der Waals surface area contributed by atoms with Gasteiger partial charge in [0.1, 0.15) is 11.5 Å². The Hall–Kier alpha value is -3.35. The number of anilines is 1. The van der Waals surface area contributed by atoms with Gasteiger partial charge in [-0.05, 0) is 43.2 Å². The summed E-state index contributed by atoms with van der Waals surface area (Å²) in [6.07, 6.45) is 0.623. The summed E-state index contributed by atoms with van der Waals surface area (Å²) in [6.45, 7) is 2.05. The van der Waals surface area contributed by atoms with Crippen molar-refractivity contribution in [2.75, 3.05) is 24.7 Å². The van der Waals surface area contributed by atoms with Crippen LogP contribution in [0.15, 0.2) is 42.5 Å². The van der Waals surface area contributed by atoms with Crippen LogP contribution in [-0.2, 0) is 9.59 Å². The monoisotopic (exact) mass is 382 g/mol. The summed E-state index contributed by atoms with van der Waals surface area (Å²) >= 11 is 0. The normalized spacial score (nSPS) is 12.9. The SMILES string of the molecule is Cc1ccccc1OCC(=O)c1ccc2c(c1)N(CCCC(N)=O)C(=O)CO2. The van der Waals surface area contributed by atoms with E-state index in [4.69, 9.17) is 15.2 Å². The summed E-state index contributed by atoms with van der Waals surface area (Å²) in [6, 6.07) is 12.4. The Balaban J connectivity index is 1.74. The number of fused-ring (bicyclic) bond motifs is 1. The van der Waals surface area contributed by atoms with Crippen molar-refractivity contribution in [1.82, 2.24) is 0 Å². The predicted octanol–water partition coefficient (Wildman–Crippen LogP) is 2.25. The minimum absolute atomic E-state index is 0.0761. The summed E-state index contributed by atoms with van der Waals surface area (Å²) in [5.74, 6) is 0.326. The Labute approximate surface area is 163 Å². The van der Waals surface area contributed by atoms with Gasteiger partial charge in [0.25, 0.3) is 5.91 Å². The van der Waals surface area contributed by atoms with E-state index >= 15 is 0 Å². The van der Waals surface area contributed by atoms with Crippen molar-refractivity contribution in [2.45, 2.75) is 19.8 Å². The molecule has 146 valence electrons. The lowest BCUT2D eigenvalue weighted by molar-refractivity contribution is -0.122. The maximum absolute atomic E-state index is 12.6. The Morgan fingerprint density at radius 3 is 2.75 bits per heavy atom. The molecule has 0 fully saturated rings. The third kappa shape index (κ3) is 4.49. The molecule has 7 nitrogen and oxygen atoms in total. The van der Waals surface area contributed by atoms with Crippen molar-refractivity contribution >= 4 is 23.3 Å². The van der Waals surface area contributed by atoms with Crippen LogP contribution in [-0.4, -0.2) is 37.4 Å². The molecule has 2 aromatic carbocycles. The highest BCUT2D eigenvalue weighted by atomic mass is 16.5. The first-order valence-corrected chi connectivity index (χ1v) is 9.03. The highest BCUT2D eigenvalue weighted by molar-refractivity contribution is 6.02. The minimum atomic E-state index is -0.418. The van der Waals surface area contributed by atoms with Crippen LogP contribution in [0.2, 0.25) is 0 Å². The molecule has 0 saturated heterocycles. The molecule has 28 heavy (non-hydrogen) atoms. The maximum Gasteiger partial charge on any atom is 0.265 e. The van der Waals surface area contributed by atoms with Gasteiger partial charge in [0.15, 0.2) is 19.0 Å². The minimum Gasteiger partial charge on any atom is -0.485 e. The van der Waals surface area contributed by atoms with Crippen LogP contribution >= 0.6 is 0 Å².